The molecule has 0 amide bonds. The third-order valence-corrected chi connectivity index (χ3v) is 4.88. The number of hydrogen-bond acceptors (Lipinski definition) is 5. The summed E-state index contributed by atoms with van der Waals surface area (Å²) in [4.78, 5) is 2.55. The number of piperidine rings is 1. The first-order chi connectivity index (χ1) is 10.9. The van der Waals surface area contributed by atoms with Gasteiger partial charge in [-0.25, -0.2) is 0 Å². The van der Waals surface area contributed by atoms with E-state index in [1.54, 1.807) is 0 Å². The Balaban J connectivity index is 1.44. The molecule has 6 nitrogen and oxygen atoms in total. The van der Waals surface area contributed by atoms with Crippen LogP contribution in [-0.2, 0) is 11.3 Å². The fourth-order valence-electron chi connectivity index (χ4n) is 3.69. The van der Waals surface area contributed by atoms with Gasteiger partial charge in [-0.3, -0.25) is 4.90 Å². The minimum absolute atomic E-state index is 0.654. The molecule has 1 aromatic carbocycles. The molecule has 0 aliphatic carbocycles. The molecule has 22 heavy (non-hydrogen) atoms. The van der Waals surface area contributed by atoms with E-state index in [2.05, 4.69) is 43.7 Å². The highest BCUT2D eigenvalue weighted by Gasteiger charge is 2.31. The van der Waals surface area contributed by atoms with Crippen LogP contribution >= 0.6 is 0 Å². The summed E-state index contributed by atoms with van der Waals surface area (Å²) < 4.78 is 5.65. The van der Waals surface area contributed by atoms with Crippen molar-refractivity contribution >= 4 is 0 Å². The summed E-state index contributed by atoms with van der Waals surface area (Å²) in [6, 6.07) is 8.43. The van der Waals surface area contributed by atoms with Crippen LogP contribution in [0.3, 0.4) is 0 Å². The number of nitrogens with zero attached hydrogens (tertiary/aromatic N) is 4. The lowest BCUT2D eigenvalue weighted by molar-refractivity contribution is -0.0260. The average molecular weight is 299 g/mol. The predicted octanol–water partition coefficient (Wildman–Crippen LogP) is 1.73. The van der Waals surface area contributed by atoms with Gasteiger partial charge in [-0.1, -0.05) is 18.2 Å². The number of aromatic nitrogens is 4. The molecule has 3 heterocycles. The lowest BCUT2D eigenvalue weighted by Crippen LogP contribution is -2.44. The van der Waals surface area contributed by atoms with Gasteiger partial charge in [-0.15, -0.1) is 10.2 Å². The Morgan fingerprint density at radius 1 is 1.27 bits per heavy atom. The summed E-state index contributed by atoms with van der Waals surface area (Å²) in [6.07, 6.45) is 2.55. The monoisotopic (exact) mass is 299 g/mol. The highest BCUT2D eigenvalue weighted by molar-refractivity contribution is 5.54. The Kier molecular flexibility index (Phi) is 3.86. The van der Waals surface area contributed by atoms with E-state index in [4.69, 9.17) is 4.74 Å². The Hall–Kier alpha value is -1.79. The zero-order valence-corrected chi connectivity index (χ0v) is 12.6. The van der Waals surface area contributed by atoms with E-state index in [1.807, 2.05) is 6.07 Å². The fourth-order valence-corrected chi connectivity index (χ4v) is 3.69. The molecule has 2 aromatic rings. The van der Waals surface area contributed by atoms with Crippen LogP contribution in [0, 0.1) is 11.8 Å². The SMILES string of the molecule is c1cc(CN2CCC3CCOCC3C2)cc(-c2nn[nH]n2)c1. The zero-order valence-electron chi connectivity index (χ0n) is 12.6. The Labute approximate surface area is 129 Å². The van der Waals surface area contributed by atoms with Crippen molar-refractivity contribution in [2.45, 2.75) is 19.4 Å². The van der Waals surface area contributed by atoms with Crippen LogP contribution in [0.1, 0.15) is 18.4 Å². The van der Waals surface area contributed by atoms with Crippen LogP contribution in [0.4, 0.5) is 0 Å². The molecule has 0 saturated carbocycles. The summed E-state index contributed by atoms with van der Waals surface area (Å²) in [5.41, 5.74) is 2.32. The van der Waals surface area contributed by atoms with Gasteiger partial charge in [-0.05, 0) is 48.1 Å². The molecule has 0 bridgehead atoms. The number of fused-ring (bicyclic) bond motifs is 1. The number of aromatic amines is 1. The number of nitrogens with one attached hydrogen (secondary N) is 1. The third-order valence-electron chi connectivity index (χ3n) is 4.88. The molecular weight excluding hydrogens is 278 g/mol. The van der Waals surface area contributed by atoms with Crippen LogP contribution in [0.5, 0.6) is 0 Å². The number of rotatable bonds is 3. The van der Waals surface area contributed by atoms with Crippen LogP contribution in [0.2, 0.25) is 0 Å². The Morgan fingerprint density at radius 3 is 3.18 bits per heavy atom. The maximum Gasteiger partial charge on any atom is 0.204 e. The van der Waals surface area contributed by atoms with Gasteiger partial charge in [0, 0.05) is 25.3 Å². The molecule has 2 unspecified atom stereocenters. The number of ether oxygens (including phenoxy) is 1. The second-order valence-corrected chi connectivity index (χ2v) is 6.34. The van der Waals surface area contributed by atoms with Gasteiger partial charge in [0.1, 0.15) is 0 Å². The Bertz CT molecular complexity index is 615. The maximum absolute atomic E-state index is 5.65. The molecule has 1 aromatic heterocycles. The minimum Gasteiger partial charge on any atom is -0.381 e. The lowest BCUT2D eigenvalue weighted by atomic mass is 9.82. The maximum atomic E-state index is 5.65. The molecule has 0 spiro atoms. The minimum atomic E-state index is 0.654. The molecule has 1 N–H and O–H groups in total. The largest absolute Gasteiger partial charge is 0.381 e. The number of likely N-dealkylation sites (tertiary alicyclic amines) is 1. The van der Waals surface area contributed by atoms with Crippen molar-refractivity contribution < 1.29 is 4.74 Å². The second-order valence-electron chi connectivity index (χ2n) is 6.34. The fraction of sp³-hybridized carbons (Fsp3) is 0.562. The summed E-state index contributed by atoms with van der Waals surface area (Å²) in [7, 11) is 0. The highest BCUT2D eigenvalue weighted by atomic mass is 16.5. The third kappa shape index (κ3) is 2.89. The molecule has 116 valence electrons. The van der Waals surface area contributed by atoms with Gasteiger partial charge < -0.3 is 4.74 Å². The summed E-state index contributed by atoms with van der Waals surface area (Å²) in [5.74, 6) is 2.24. The number of H-pyrrole nitrogens is 1. The van der Waals surface area contributed by atoms with E-state index < -0.39 is 0 Å². The topological polar surface area (TPSA) is 66.9 Å². The highest BCUT2D eigenvalue weighted by Crippen LogP contribution is 2.30. The molecule has 2 aliphatic rings. The summed E-state index contributed by atoms with van der Waals surface area (Å²) >= 11 is 0. The molecule has 6 heteroatoms. The van der Waals surface area contributed by atoms with Crippen molar-refractivity contribution in [1.82, 2.24) is 25.5 Å². The summed E-state index contributed by atoms with van der Waals surface area (Å²) in [5, 5.41) is 14.2. The number of benzene rings is 1. The molecule has 4 rings (SSSR count). The zero-order chi connectivity index (χ0) is 14.8. The average Bonchev–Trinajstić information content (AvgIpc) is 3.10. The quantitative estimate of drug-likeness (QED) is 0.935. The van der Waals surface area contributed by atoms with E-state index in [0.717, 1.165) is 37.8 Å². The van der Waals surface area contributed by atoms with Crippen molar-refractivity contribution in [2.75, 3.05) is 26.3 Å². The van der Waals surface area contributed by atoms with Crippen molar-refractivity contribution in [2.24, 2.45) is 11.8 Å². The molecule has 2 aliphatic heterocycles. The van der Waals surface area contributed by atoms with E-state index >= 15 is 0 Å². The molecule has 2 atom stereocenters. The van der Waals surface area contributed by atoms with Crippen LogP contribution in [0.15, 0.2) is 24.3 Å². The van der Waals surface area contributed by atoms with E-state index in [-0.39, 0.29) is 0 Å². The van der Waals surface area contributed by atoms with Gasteiger partial charge in [0.25, 0.3) is 0 Å². The van der Waals surface area contributed by atoms with Crippen molar-refractivity contribution in [1.29, 1.82) is 0 Å². The number of hydrogen-bond donors (Lipinski definition) is 1. The van der Waals surface area contributed by atoms with Gasteiger partial charge in [0.05, 0.1) is 6.61 Å². The van der Waals surface area contributed by atoms with Crippen LogP contribution < -0.4 is 0 Å². The van der Waals surface area contributed by atoms with Crippen LogP contribution in [-0.4, -0.2) is 51.8 Å². The van der Waals surface area contributed by atoms with Gasteiger partial charge in [0.15, 0.2) is 0 Å². The van der Waals surface area contributed by atoms with E-state index in [9.17, 15) is 0 Å². The van der Waals surface area contributed by atoms with Gasteiger partial charge in [0.2, 0.25) is 5.82 Å². The molecular formula is C16H21N5O. The second kappa shape index (κ2) is 6.14. The normalized spacial score (nSPS) is 25.8. The predicted molar refractivity (Wildman–Crippen MR) is 81.9 cm³/mol. The van der Waals surface area contributed by atoms with Gasteiger partial charge >= 0.3 is 0 Å². The first-order valence-corrected chi connectivity index (χ1v) is 8.01. The molecule has 2 fully saturated rings. The van der Waals surface area contributed by atoms with E-state index in [1.165, 1.54) is 24.9 Å². The smallest absolute Gasteiger partial charge is 0.204 e. The summed E-state index contributed by atoms with van der Waals surface area (Å²) in [6.45, 7) is 5.21. The first kappa shape index (κ1) is 13.8. The molecule has 2 saturated heterocycles. The van der Waals surface area contributed by atoms with Gasteiger partial charge in [-0.2, -0.15) is 5.21 Å². The lowest BCUT2D eigenvalue weighted by Gasteiger charge is -2.41. The molecule has 0 radical (unpaired) electrons. The Morgan fingerprint density at radius 2 is 2.27 bits per heavy atom. The van der Waals surface area contributed by atoms with Crippen LogP contribution in [0.25, 0.3) is 11.4 Å². The van der Waals surface area contributed by atoms with E-state index in [0.29, 0.717) is 11.7 Å². The van der Waals surface area contributed by atoms with Crippen molar-refractivity contribution in [3.8, 4) is 11.4 Å². The number of tetrazole rings is 1. The van der Waals surface area contributed by atoms with Crippen molar-refractivity contribution in [3.63, 3.8) is 0 Å². The standard InChI is InChI=1S/C16H21N5O/c1-2-12(8-14(3-1)16-17-19-20-18-16)9-21-6-4-13-5-7-22-11-15(13)10-21/h1-3,8,13,15H,4-7,9-11H2,(H,17,18,19,20). The first-order valence-electron chi connectivity index (χ1n) is 8.01. The van der Waals surface area contributed by atoms with Crippen molar-refractivity contribution in [3.05, 3.63) is 29.8 Å².